The number of halogens is 2. The maximum atomic E-state index is 13.7. The molecule has 1 aliphatic heterocycles. The van der Waals surface area contributed by atoms with Crippen molar-refractivity contribution in [3.63, 3.8) is 0 Å². The van der Waals surface area contributed by atoms with Gasteiger partial charge in [0.05, 0.1) is 23.9 Å². The Kier molecular flexibility index (Phi) is 6.67. The number of hydrogen-bond acceptors (Lipinski definition) is 3. The average Bonchev–Trinajstić information content (AvgIpc) is 3.19. The summed E-state index contributed by atoms with van der Waals surface area (Å²) in [6, 6.07) is 13.2. The van der Waals surface area contributed by atoms with Crippen molar-refractivity contribution in [3.05, 3.63) is 97.4 Å². The summed E-state index contributed by atoms with van der Waals surface area (Å²) in [6.07, 6.45) is 1.76. The second-order valence-corrected chi connectivity index (χ2v) is 9.60. The van der Waals surface area contributed by atoms with E-state index >= 15 is 0 Å². The molecule has 0 bridgehead atoms. The first-order chi connectivity index (χ1) is 16.5. The Labute approximate surface area is 215 Å². The molecule has 5 nitrogen and oxygen atoms in total. The molecule has 0 unspecified atom stereocenters. The lowest BCUT2D eigenvalue weighted by Gasteiger charge is -2.18. The smallest absolute Gasteiger partial charge is 0.340 e. The van der Waals surface area contributed by atoms with Crippen molar-refractivity contribution in [2.45, 2.75) is 34.6 Å². The molecule has 0 saturated carbocycles. The fourth-order valence-corrected chi connectivity index (χ4v) is 5.19. The van der Waals surface area contributed by atoms with Gasteiger partial charge in [-0.1, -0.05) is 40.9 Å². The third kappa shape index (κ3) is 4.42. The molecule has 1 aromatic heterocycles. The van der Waals surface area contributed by atoms with E-state index in [1.807, 2.05) is 19.9 Å². The molecule has 0 atom stereocenters. The number of carbonyl (C=O) groups is 2. The van der Waals surface area contributed by atoms with E-state index in [0.717, 1.165) is 28.2 Å². The molecule has 0 N–H and O–H groups in total. The van der Waals surface area contributed by atoms with E-state index in [4.69, 9.17) is 27.9 Å². The highest BCUT2D eigenvalue weighted by atomic mass is 35.5. The second-order valence-electron chi connectivity index (χ2n) is 8.73. The Bertz CT molecular complexity index is 1430. The van der Waals surface area contributed by atoms with Crippen molar-refractivity contribution in [1.29, 1.82) is 0 Å². The van der Waals surface area contributed by atoms with Crippen LogP contribution in [0.15, 0.2) is 59.3 Å². The molecule has 180 valence electrons. The molecule has 1 amide bonds. The minimum atomic E-state index is -0.582. The van der Waals surface area contributed by atoms with Crippen LogP contribution in [0.2, 0.25) is 10.0 Å². The first-order valence-corrected chi connectivity index (χ1v) is 11.9. The van der Waals surface area contributed by atoms with Gasteiger partial charge in [0.25, 0.3) is 5.91 Å². The summed E-state index contributed by atoms with van der Waals surface area (Å²) in [5.74, 6) is -0.932. The fourth-order valence-electron chi connectivity index (χ4n) is 4.68. The number of anilines is 1. The molecule has 0 fully saturated rings. The summed E-state index contributed by atoms with van der Waals surface area (Å²) < 4.78 is 7.19. The molecule has 0 saturated heterocycles. The lowest BCUT2D eigenvalue weighted by molar-refractivity contribution is -0.136. The third-order valence-electron chi connectivity index (χ3n) is 6.26. The van der Waals surface area contributed by atoms with Gasteiger partial charge in [-0.25, -0.2) is 4.79 Å². The van der Waals surface area contributed by atoms with Crippen LogP contribution in [0.5, 0.6) is 0 Å². The quantitative estimate of drug-likeness (QED) is 0.284. The van der Waals surface area contributed by atoms with Crippen LogP contribution in [0.3, 0.4) is 0 Å². The third-order valence-corrected chi connectivity index (χ3v) is 6.69. The van der Waals surface area contributed by atoms with Crippen molar-refractivity contribution in [3.8, 4) is 5.69 Å². The molecule has 0 spiro atoms. The number of carbonyl (C=O) groups excluding carboxylic acids is 2. The highest BCUT2D eigenvalue weighted by molar-refractivity contribution is 6.35. The first kappa shape index (κ1) is 24.8. The van der Waals surface area contributed by atoms with Crippen molar-refractivity contribution < 1.29 is 14.3 Å². The summed E-state index contributed by atoms with van der Waals surface area (Å²) in [6.45, 7) is 9.87. The van der Waals surface area contributed by atoms with Crippen LogP contribution in [-0.2, 0) is 14.3 Å². The van der Waals surface area contributed by atoms with Gasteiger partial charge in [0.15, 0.2) is 0 Å². The zero-order valence-electron chi connectivity index (χ0n) is 20.5. The number of aromatic nitrogens is 1. The van der Waals surface area contributed by atoms with Crippen LogP contribution in [-0.4, -0.2) is 23.6 Å². The number of nitrogens with zero attached hydrogens (tertiary/aromatic N) is 2. The maximum absolute atomic E-state index is 13.7. The average molecular weight is 509 g/mol. The zero-order valence-corrected chi connectivity index (χ0v) is 22.0. The van der Waals surface area contributed by atoms with Gasteiger partial charge in [-0.15, -0.1) is 0 Å². The molecule has 3 aromatic rings. The van der Waals surface area contributed by atoms with E-state index in [9.17, 15) is 9.59 Å². The molecule has 0 aliphatic carbocycles. The Morgan fingerprint density at radius 1 is 0.943 bits per heavy atom. The van der Waals surface area contributed by atoms with Crippen molar-refractivity contribution in [1.82, 2.24) is 4.57 Å². The number of aryl methyl sites for hydroxylation is 3. The molecule has 4 rings (SSSR count). The van der Waals surface area contributed by atoms with Crippen LogP contribution >= 0.6 is 23.2 Å². The lowest BCUT2D eigenvalue weighted by Crippen LogP contribution is -2.24. The SMILES string of the molecule is COC(=O)C1=C(C)N(c2cc(Cl)cc(Cl)c2)C(=O)/C1=C\c1cc(C)n(-c2ccc(C)cc2C)c1C. The van der Waals surface area contributed by atoms with Crippen LogP contribution in [0.4, 0.5) is 5.69 Å². The van der Waals surface area contributed by atoms with Crippen LogP contribution < -0.4 is 4.90 Å². The maximum Gasteiger partial charge on any atom is 0.340 e. The van der Waals surface area contributed by atoms with Gasteiger partial charge in [0.2, 0.25) is 0 Å². The highest BCUT2D eigenvalue weighted by Crippen LogP contribution is 2.38. The fraction of sp³-hybridized carbons (Fsp3) is 0.214. The van der Waals surface area contributed by atoms with E-state index in [-0.39, 0.29) is 17.1 Å². The number of rotatable bonds is 4. The molecular formula is C28H26Cl2N2O3. The summed E-state index contributed by atoms with van der Waals surface area (Å²) in [5, 5.41) is 0.782. The monoisotopic (exact) mass is 508 g/mol. The predicted octanol–water partition coefficient (Wildman–Crippen LogP) is 6.89. The Morgan fingerprint density at radius 3 is 2.20 bits per heavy atom. The largest absolute Gasteiger partial charge is 0.465 e. The van der Waals surface area contributed by atoms with Crippen LogP contribution in [0.25, 0.3) is 11.8 Å². The summed E-state index contributed by atoms with van der Waals surface area (Å²) >= 11 is 12.4. The summed E-state index contributed by atoms with van der Waals surface area (Å²) in [4.78, 5) is 27.9. The van der Waals surface area contributed by atoms with Crippen LogP contribution in [0.1, 0.15) is 35.0 Å². The van der Waals surface area contributed by atoms with Crippen molar-refractivity contribution in [2.75, 3.05) is 12.0 Å². The van der Waals surface area contributed by atoms with E-state index in [2.05, 4.69) is 36.6 Å². The number of methoxy groups -OCH3 is 1. The minimum Gasteiger partial charge on any atom is -0.465 e. The molecular weight excluding hydrogens is 483 g/mol. The summed E-state index contributed by atoms with van der Waals surface area (Å²) in [5.41, 5.74) is 7.64. The topological polar surface area (TPSA) is 51.5 Å². The number of allylic oxidation sites excluding steroid dienone is 1. The minimum absolute atomic E-state index is 0.213. The second kappa shape index (κ2) is 9.40. The number of esters is 1. The molecule has 7 heteroatoms. The molecule has 2 aromatic carbocycles. The number of amides is 1. The normalized spacial score (nSPS) is 14.9. The van der Waals surface area contributed by atoms with E-state index in [1.54, 1.807) is 31.2 Å². The standard InChI is InChI=1S/C28H26Cl2N2O3/c1-15-7-8-25(16(2)9-15)31-17(3)10-20(18(31)4)11-24-26(28(34)35-6)19(5)32(27(24)33)23-13-21(29)12-22(30)14-23/h7-14H,1-6H3/b24-11-. The Balaban J connectivity index is 1.87. The zero-order chi connectivity index (χ0) is 25.6. The van der Waals surface area contributed by atoms with Gasteiger partial charge in [-0.3, -0.25) is 9.69 Å². The number of ether oxygens (including phenoxy) is 1. The number of benzene rings is 2. The molecule has 0 radical (unpaired) electrons. The van der Waals surface area contributed by atoms with Crippen molar-refractivity contribution >= 4 is 46.8 Å². The van der Waals surface area contributed by atoms with Gasteiger partial charge in [0, 0.05) is 32.8 Å². The molecule has 1 aliphatic rings. The Morgan fingerprint density at radius 2 is 1.60 bits per heavy atom. The van der Waals surface area contributed by atoms with Gasteiger partial charge in [0.1, 0.15) is 0 Å². The van der Waals surface area contributed by atoms with Crippen molar-refractivity contribution in [2.24, 2.45) is 0 Å². The van der Waals surface area contributed by atoms with Gasteiger partial charge < -0.3 is 9.30 Å². The van der Waals surface area contributed by atoms with E-state index in [1.165, 1.54) is 17.6 Å². The number of hydrogen-bond donors (Lipinski definition) is 0. The highest BCUT2D eigenvalue weighted by Gasteiger charge is 2.38. The predicted molar refractivity (Wildman–Crippen MR) is 141 cm³/mol. The van der Waals surface area contributed by atoms with E-state index in [0.29, 0.717) is 21.4 Å². The van der Waals surface area contributed by atoms with Crippen LogP contribution in [0, 0.1) is 27.7 Å². The Hall–Kier alpha value is -3.28. The lowest BCUT2D eigenvalue weighted by atomic mass is 10.0. The first-order valence-electron chi connectivity index (χ1n) is 11.1. The summed E-state index contributed by atoms with van der Waals surface area (Å²) in [7, 11) is 1.30. The van der Waals surface area contributed by atoms with Gasteiger partial charge >= 0.3 is 5.97 Å². The van der Waals surface area contributed by atoms with Gasteiger partial charge in [-0.2, -0.15) is 0 Å². The molecule has 2 heterocycles. The molecule has 35 heavy (non-hydrogen) atoms. The van der Waals surface area contributed by atoms with E-state index < -0.39 is 5.97 Å². The van der Waals surface area contributed by atoms with Gasteiger partial charge in [-0.05, 0) is 82.2 Å².